The van der Waals surface area contributed by atoms with Crippen molar-refractivity contribution < 1.29 is 9.53 Å². The maximum atomic E-state index is 11.3. The molecule has 0 aromatic rings. The lowest BCUT2D eigenvalue weighted by Crippen LogP contribution is -2.49. The molecule has 4 atom stereocenters. The lowest BCUT2D eigenvalue weighted by atomic mass is 9.80. The molecular weight excluding hydrogens is 226 g/mol. The molecule has 0 N–H and O–H groups in total. The summed E-state index contributed by atoms with van der Waals surface area (Å²) in [6, 6.07) is 0.688. The van der Waals surface area contributed by atoms with E-state index in [4.69, 9.17) is 4.74 Å². The highest BCUT2D eigenvalue weighted by Gasteiger charge is 2.47. The van der Waals surface area contributed by atoms with Crippen LogP contribution in [0.15, 0.2) is 0 Å². The zero-order valence-electron chi connectivity index (χ0n) is 11.4. The van der Waals surface area contributed by atoms with Gasteiger partial charge in [0.25, 0.3) is 0 Å². The molecule has 0 aromatic carbocycles. The van der Waals surface area contributed by atoms with Crippen LogP contribution < -0.4 is 0 Å². The number of fused-ring (bicyclic) bond motifs is 2. The maximum absolute atomic E-state index is 11.3. The molecule has 2 bridgehead atoms. The highest BCUT2D eigenvalue weighted by Crippen LogP contribution is 2.46. The van der Waals surface area contributed by atoms with Gasteiger partial charge in [-0.15, -0.1) is 0 Å². The Kier molecular flexibility index (Phi) is 3.60. The van der Waals surface area contributed by atoms with Crippen molar-refractivity contribution >= 4 is 5.97 Å². The summed E-state index contributed by atoms with van der Waals surface area (Å²) in [7, 11) is 0. The Labute approximate surface area is 110 Å². The van der Waals surface area contributed by atoms with E-state index in [1.54, 1.807) is 6.92 Å². The molecule has 0 amide bonds. The molecule has 3 heteroatoms. The lowest BCUT2D eigenvalue weighted by Gasteiger charge is -2.43. The van der Waals surface area contributed by atoms with Crippen molar-refractivity contribution in [3.8, 4) is 0 Å². The van der Waals surface area contributed by atoms with Gasteiger partial charge in [-0.25, -0.2) is 0 Å². The van der Waals surface area contributed by atoms with E-state index in [0.717, 1.165) is 0 Å². The van der Waals surface area contributed by atoms with Crippen LogP contribution in [0.2, 0.25) is 0 Å². The minimum absolute atomic E-state index is 0.0869. The number of carbonyl (C=O) groups excluding carboxylic acids is 1. The highest BCUT2D eigenvalue weighted by molar-refractivity contribution is 5.66. The summed E-state index contributed by atoms with van der Waals surface area (Å²) >= 11 is 0. The summed E-state index contributed by atoms with van der Waals surface area (Å²) in [5.41, 5.74) is 0. The van der Waals surface area contributed by atoms with Gasteiger partial charge in [0.15, 0.2) is 0 Å². The number of ether oxygens (including phenoxy) is 1. The molecule has 2 saturated carbocycles. The Morgan fingerprint density at radius 2 is 1.78 bits per heavy atom. The van der Waals surface area contributed by atoms with Gasteiger partial charge in [0, 0.05) is 18.9 Å². The highest BCUT2D eigenvalue weighted by atomic mass is 16.5. The fraction of sp³-hybridized carbons (Fsp3) is 0.933. The Balaban J connectivity index is 1.70. The molecule has 2 aliphatic carbocycles. The number of carbonyl (C=O) groups is 1. The summed E-state index contributed by atoms with van der Waals surface area (Å²) in [6.45, 7) is 4.08. The quantitative estimate of drug-likeness (QED) is 0.707. The van der Waals surface area contributed by atoms with E-state index < -0.39 is 0 Å². The average Bonchev–Trinajstić information content (AvgIpc) is 2.62. The second-order valence-electron chi connectivity index (χ2n) is 6.32. The van der Waals surface area contributed by atoms with E-state index in [-0.39, 0.29) is 12.1 Å². The first-order chi connectivity index (χ1) is 8.75. The van der Waals surface area contributed by atoms with Gasteiger partial charge >= 0.3 is 5.97 Å². The van der Waals surface area contributed by atoms with Crippen LogP contribution in [0.5, 0.6) is 0 Å². The molecule has 3 rings (SSSR count). The predicted molar refractivity (Wildman–Crippen MR) is 70.2 cm³/mol. The molecule has 0 spiro atoms. The molecule has 3 fully saturated rings. The summed E-state index contributed by atoms with van der Waals surface area (Å²) in [5, 5.41) is 0. The van der Waals surface area contributed by atoms with Crippen molar-refractivity contribution in [1.82, 2.24) is 4.90 Å². The molecule has 0 aromatic heterocycles. The predicted octanol–water partition coefficient (Wildman–Crippen LogP) is 2.59. The van der Waals surface area contributed by atoms with Crippen LogP contribution in [0.4, 0.5) is 0 Å². The first kappa shape index (κ1) is 12.5. The largest absolute Gasteiger partial charge is 0.462 e. The zero-order valence-corrected chi connectivity index (χ0v) is 11.4. The van der Waals surface area contributed by atoms with Crippen LogP contribution in [-0.4, -0.2) is 36.1 Å². The van der Waals surface area contributed by atoms with Crippen LogP contribution >= 0.6 is 0 Å². The van der Waals surface area contributed by atoms with Gasteiger partial charge in [0.05, 0.1) is 0 Å². The van der Waals surface area contributed by atoms with Crippen molar-refractivity contribution in [2.45, 2.75) is 64.0 Å². The number of rotatable bonds is 2. The molecule has 3 nitrogen and oxygen atoms in total. The Morgan fingerprint density at radius 1 is 1.06 bits per heavy atom. The van der Waals surface area contributed by atoms with Gasteiger partial charge in [-0.05, 0) is 57.5 Å². The zero-order chi connectivity index (χ0) is 12.5. The van der Waals surface area contributed by atoms with Crippen LogP contribution in [0.3, 0.4) is 0 Å². The monoisotopic (exact) mass is 251 g/mol. The summed E-state index contributed by atoms with van der Waals surface area (Å²) in [5.74, 6) is 1.18. The van der Waals surface area contributed by atoms with Gasteiger partial charge in [-0.3, -0.25) is 9.69 Å². The van der Waals surface area contributed by atoms with E-state index in [2.05, 4.69) is 4.90 Å². The van der Waals surface area contributed by atoms with Crippen LogP contribution in [0.1, 0.15) is 51.9 Å². The summed E-state index contributed by atoms with van der Waals surface area (Å²) in [6.07, 6.45) is 9.45. The van der Waals surface area contributed by atoms with Crippen molar-refractivity contribution in [2.75, 3.05) is 13.1 Å². The minimum atomic E-state index is -0.0869. The van der Waals surface area contributed by atoms with E-state index >= 15 is 0 Å². The third-order valence-corrected chi connectivity index (χ3v) is 5.25. The normalized spacial score (nSPS) is 40.7. The lowest BCUT2D eigenvalue weighted by molar-refractivity contribution is -0.154. The van der Waals surface area contributed by atoms with E-state index in [9.17, 15) is 4.79 Å². The van der Waals surface area contributed by atoms with E-state index in [1.807, 2.05) is 0 Å². The van der Waals surface area contributed by atoms with Crippen LogP contribution in [-0.2, 0) is 9.53 Å². The fourth-order valence-electron chi connectivity index (χ4n) is 4.48. The Morgan fingerprint density at radius 3 is 2.50 bits per heavy atom. The number of piperidine rings is 1. The second-order valence-corrected chi connectivity index (χ2v) is 6.32. The molecular formula is C15H25NO2. The van der Waals surface area contributed by atoms with E-state index in [1.165, 1.54) is 58.0 Å². The van der Waals surface area contributed by atoms with Crippen LogP contribution in [0, 0.1) is 11.8 Å². The fourth-order valence-corrected chi connectivity index (χ4v) is 4.48. The average molecular weight is 251 g/mol. The number of hydrogen-bond acceptors (Lipinski definition) is 3. The molecule has 1 aliphatic heterocycles. The Hall–Kier alpha value is -0.570. The number of esters is 1. The summed E-state index contributed by atoms with van der Waals surface area (Å²) < 4.78 is 5.63. The van der Waals surface area contributed by atoms with E-state index in [0.29, 0.717) is 17.9 Å². The molecule has 0 radical (unpaired) electrons. The smallest absolute Gasteiger partial charge is 0.302 e. The molecule has 1 heterocycles. The first-order valence-corrected chi connectivity index (χ1v) is 7.67. The maximum Gasteiger partial charge on any atom is 0.302 e. The van der Waals surface area contributed by atoms with Gasteiger partial charge in [-0.2, -0.15) is 0 Å². The standard InChI is InChI=1S/C15H25NO2/c1-11(17)18-15-12-5-7-13(15)14(8-6-12)16-9-3-2-4-10-16/h12-15H,2-10H2,1H3/t12-,13+,14+,15-/m0/s1. The molecule has 3 aliphatic rings. The topological polar surface area (TPSA) is 29.5 Å². The summed E-state index contributed by atoms with van der Waals surface area (Å²) in [4.78, 5) is 14.0. The van der Waals surface area contributed by atoms with Gasteiger partial charge in [0.2, 0.25) is 0 Å². The van der Waals surface area contributed by atoms with Gasteiger partial charge < -0.3 is 4.74 Å². The van der Waals surface area contributed by atoms with Gasteiger partial charge in [-0.1, -0.05) is 6.42 Å². The molecule has 1 saturated heterocycles. The Bertz CT molecular complexity index is 312. The number of hydrogen-bond donors (Lipinski definition) is 0. The second kappa shape index (κ2) is 5.20. The number of nitrogens with zero attached hydrogens (tertiary/aromatic N) is 1. The SMILES string of the molecule is CC(=O)O[C@H]1[C@H]2CC[C@@H]1[C@H](N1CCCCC1)CC2. The third-order valence-electron chi connectivity index (χ3n) is 5.25. The van der Waals surface area contributed by atoms with Crippen molar-refractivity contribution in [3.63, 3.8) is 0 Å². The van der Waals surface area contributed by atoms with Crippen molar-refractivity contribution in [3.05, 3.63) is 0 Å². The first-order valence-electron chi connectivity index (χ1n) is 7.67. The van der Waals surface area contributed by atoms with Crippen LogP contribution in [0.25, 0.3) is 0 Å². The van der Waals surface area contributed by atoms with Gasteiger partial charge in [0.1, 0.15) is 6.10 Å². The molecule has 18 heavy (non-hydrogen) atoms. The van der Waals surface area contributed by atoms with Crippen molar-refractivity contribution in [2.24, 2.45) is 11.8 Å². The van der Waals surface area contributed by atoms with Crippen molar-refractivity contribution in [1.29, 1.82) is 0 Å². The molecule has 0 unspecified atom stereocenters. The minimum Gasteiger partial charge on any atom is -0.462 e. The third kappa shape index (κ3) is 2.29. The molecule has 102 valence electrons. The number of likely N-dealkylation sites (tertiary alicyclic amines) is 1.